The highest BCUT2D eigenvalue weighted by Crippen LogP contribution is 2.36. The number of carbonyl (C=O) groups excluding carboxylic acids is 5. The van der Waals surface area contributed by atoms with E-state index in [0.29, 0.717) is 45.1 Å². The summed E-state index contributed by atoms with van der Waals surface area (Å²) in [5.41, 5.74) is 2.53. The van der Waals surface area contributed by atoms with Crippen LogP contribution < -0.4 is 26.0 Å². The molecule has 4 amide bonds. The molecule has 0 saturated heterocycles. The number of esters is 1. The Balaban J connectivity index is 1.33. The Labute approximate surface area is 321 Å². The Morgan fingerprint density at radius 1 is 0.778 bits per heavy atom. The molecule has 0 saturated carbocycles. The fourth-order valence-corrected chi connectivity index (χ4v) is 7.35. The van der Waals surface area contributed by atoms with Gasteiger partial charge in [-0.1, -0.05) is 61.5 Å². The van der Waals surface area contributed by atoms with Crippen molar-refractivity contribution in [2.75, 3.05) is 30.2 Å². The lowest BCUT2D eigenvalue weighted by Gasteiger charge is -2.16. The van der Waals surface area contributed by atoms with Crippen molar-refractivity contribution in [3.63, 3.8) is 0 Å². The second-order valence-electron chi connectivity index (χ2n) is 11.7. The molecule has 11 nitrogen and oxygen atoms in total. The summed E-state index contributed by atoms with van der Waals surface area (Å²) in [4.78, 5) is 67.4. The topological polar surface area (TPSA) is 152 Å². The number of hydrogen-bond acceptors (Lipinski definition) is 9. The van der Waals surface area contributed by atoms with Crippen LogP contribution in [-0.2, 0) is 14.3 Å². The van der Waals surface area contributed by atoms with Crippen molar-refractivity contribution < 1.29 is 33.4 Å². The molecule has 0 spiro atoms. The highest BCUT2D eigenvalue weighted by atomic mass is 32.2. The van der Waals surface area contributed by atoms with Crippen molar-refractivity contribution >= 4 is 75.1 Å². The summed E-state index contributed by atoms with van der Waals surface area (Å²) in [6, 6.07) is 31.5. The molecule has 13 heteroatoms. The summed E-state index contributed by atoms with van der Waals surface area (Å²) >= 11 is 2.26. The maximum atomic E-state index is 13.7. The fraction of sp³-hybridized carbons (Fsp3) is 0.146. The van der Waals surface area contributed by atoms with Crippen LogP contribution in [0.1, 0.15) is 54.9 Å². The zero-order valence-electron chi connectivity index (χ0n) is 29.9. The number of anilines is 3. The second kappa shape index (κ2) is 18.5. The molecule has 4 aromatic carbocycles. The molecule has 5 aromatic rings. The quantitative estimate of drug-likeness (QED) is 0.0505. The third kappa shape index (κ3) is 10.0. The molecular weight excluding hydrogens is 725 g/mol. The van der Waals surface area contributed by atoms with Gasteiger partial charge < -0.3 is 30.7 Å². The van der Waals surface area contributed by atoms with Crippen LogP contribution in [0.5, 0.6) is 5.75 Å². The number of amides is 4. The molecule has 0 aliphatic rings. The van der Waals surface area contributed by atoms with Crippen LogP contribution in [0.4, 0.5) is 16.4 Å². The SMILES string of the molecule is CCC(Sc1cccc(NC(=O)/C(=C/c2cccc(OC)c2)NC(=O)c2ccccc2)c1)C(=O)Nc1sc(C(=O)Nc2ccccc2)c(C)c1C(=O)OC. The van der Waals surface area contributed by atoms with Gasteiger partial charge in [0.15, 0.2) is 0 Å². The Morgan fingerprint density at radius 2 is 1.46 bits per heavy atom. The predicted molar refractivity (Wildman–Crippen MR) is 213 cm³/mol. The summed E-state index contributed by atoms with van der Waals surface area (Å²) in [5.74, 6) is -1.92. The molecule has 0 radical (unpaired) electrons. The number of hydrogen-bond donors (Lipinski definition) is 4. The third-order valence-corrected chi connectivity index (χ3v) is 10.5. The average molecular weight is 763 g/mol. The van der Waals surface area contributed by atoms with Gasteiger partial charge in [-0.05, 0) is 85.1 Å². The van der Waals surface area contributed by atoms with Crippen LogP contribution in [0.15, 0.2) is 120 Å². The van der Waals surface area contributed by atoms with Crippen LogP contribution in [0, 0.1) is 6.92 Å². The maximum absolute atomic E-state index is 13.7. The van der Waals surface area contributed by atoms with Gasteiger partial charge in [0.1, 0.15) is 16.4 Å². The van der Waals surface area contributed by atoms with Crippen molar-refractivity contribution in [3.8, 4) is 5.75 Å². The zero-order valence-corrected chi connectivity index (χ0v) is 31.6. The summed E-state index contributed by atoms with van der Waals surface area (Å²) in [6.45, 7) is 3.49. The summed E-state index contributed by atoms with van der Waals surface area (Å²) < 4.78 is 10.3. The van der Waals surface area contributed by atoms with E-state index in [0.717, 1.165) is 11.3 Å². The molecule has 1 atom stereocenters. The van der Waals surface area contributed by atoms with Crippen LogP contribution >= 0.6 is 23.1 Å². The van der Waals surface area contributed by atoms with Crippen molar-refractivity contribution in [3.05, 3.63) is 142 Å². The van der Waals surface area contributed by atoms with Crippen LogP contribution in [0.25, 0.3) is 6.08 Å². The van der Waals surface area contributed by atoms with Crippen molar-refractivity contribution in [2.24, 2.45) is 0 Å². The highest BCUT2D eigenvalue weighted by molar-refractivity contribution is 8.00. The first-order chi connectivity index (χ1) is 26.1. The average Bonchev–Trinajstić information content (AvgIpc) is 3.52. The predicted octanol–water partition coefficient (Wildman–Crippen LogP) is 8.02. The standard InChI is InChI=1S/C41H38N4O7S2/c1-5-33(38(48)45-40-34(41(50)52-4)25(2)35(54-40)39(49)42-28-17-10-7-11-18-28)53-31-21-13-19-29(24-31)43-37(47)32(23-26-14-12-20-30(22-26)51-3)44-36(46)27-15-8-6-9-16-27/h6-24,33H,5H2,1-4H3,(H,42,49)(H,43,47)(H,44,46)(H,45,48)/b32-23-. The minimum absolute atomic E-state index is 0.00504. The van der Waals surface area contributed by atoms with E-state index in [1.165, 1.54) is 26.0 Å². The lowest BCUT2D eigenvalue weighted by atomic mass is 10.1. The molecule has 0 fully saturated rings. The largest absolute Gasteiger partial charge is 0.497 e. The monoisotopic (exact) mass is 762 g/mol. The molecule has 1 heterocycles. The molecule has 54 heavy (non-hydrogen) atoms. The summed E-state index contributed by atoms with van der Waals surface area (Å²) in [5, 5.41) is 10.9. The van der Waals surface area contributed by atoms with Crippen molar-refractivity contribution in [2.45, 2.75) is 30.4 Å². The van der Waals surface area contributed by atoms with E-state index < -0.39 is 28.9 Å². The molecule has 0 bridgehead atoms. The van der Waals surface area contributed by atoms with E-state index in [-0.39, 0.29) is 27.0 Å². The number of thiophene rings is 1. The zero-order chi connectivity index (χ0) is 38.6. The number of nitrogens with one attached hydrogen (secondary N) is 4. The van der Waals surface area contributed by atoms with Gasteiger partial charge in [0.2, 0.25) is 5.91 Å². The maximum Gasteiger partial charge on any atom is 0.341 e. The second-order valence-corrected chi connectivity index (χ2v) is 14.0. The molecule has 0 aliphatic carbocycles. The molecular formula is C41H38N4O7S2. The first kappa shape index (κ1) is 39.0. The highest BCUT2D eigenvalue weighted by Gasteiger charge is 2.28. The number of methoxy groups -OCH3 is 2. The minimum Gasteiger partial charge on any atom is -0.497 e. The number of thioether (sulfide) groups is 1. The smallest absolute Gasteiger partial charge is 0.341 e. The van der Waals surface area contributed by atoms with Crippen LogP contribution in [-0.4, -0.2) is 49.1 Å². The number of rotatable bonds is 14. The van der Waals surface area contributed by atoms with Crippen molar-refractivity contribution in [1.82, 2.24) is 5.32 Å². The van der Waals surface area contributed by atoms with Gasteiger partial charge in [0.05, 0.1) is 29.9 Å². The van der Waals surface area contributed by atoms with E-state index in [9.17, 15) is 24.0 Å². The van der Waals surface area contributed by atoms with Gasteiger partial charge in [0, 0.05) is 21.8 Å². The minimum atomic E-state index is -0.679. The van der Waals surface area contributed by atoms with Gasteiger partial charge in [-0.3, -0.25) is 19.2 Å². The van der Waals surface area contributed by atoms with E-state index >= 15 is 0 Å². The van der Waals surface area contributed by atoms with Crippen molar-refractivity contribution in [1.29, 1.82) is 0 Å². The normalized spacial score (nSPS) is 11.5. The van der Waals surface area contributed by atoms with E-state index in [2.05, 4.69) is 21.3 Å². The third-order valence-electron chi connectivity index (χ3n) is 7.98. The number of benzene rings is 4. The van der Waals surface area contributed by atoms with Crippen LogP contribution in [0.2, 0.25) is 0 Å². The molecule has 1 aromatic heterocycles. The molecule has 4 N–H and O–H groups in total. The van der Waals surface area contributed by atoms with Gasteiger partial charge >= 0.3 is 5.97 Å². The molecule has 1 unspecified atom stereocenters. The Hall–Kier alpha value is -6.18. The van der Waals surface area contributed by atoms with E-state index in [1.54, 1.807) is 110 Å². The number of ether oxygens (including phenoxy) is 2. The lowest BCUT2D eigenvalue weighted by molar-refractivity contribution is -0.116. The molecule has 5 rings (SSSR count). The number of para-hydroxylation sites is 1. The van der Waals surface area contributed by atoms with Gasteiger partial charge in [-0.15, -0.1) is 23.1 Å². The lowest BCUT2D eigenvalue weighted by Crippen LogP contribution is -2.30. The van der Waals surface area contributed by atoms with E-state index in [4.69, 9.17) is 9.47 Å². The Kier molecular flexibility index (Phi) is 13.4. The molecule has 0 aliphatic heterocycles. The van der Waals surface area contributed by atoms with E-state index in [1.807, 2.05) is 19.1 Å². The molecule has 276 valence electrons. The summed E-state index contributed by atoms with van der Waals surface area (Å²) in [6.07, 6.45) is 1.98. The van der Waals surface area contributed by atoms with Gasteiger partial charge in [0.25, 0.3) is 17.7 Å². The Bertz CT molecular complexity index is 2190. The van der Waals surface area contributed by atoms with Gasteiger partial charge in [-0.2, -0.15) is 0 Å². The van der Waals surface area contributed by atoms with Crippen LogP contribution in [0.3, 0.4) is 0 Å². The summed E-state index contributed by atoms with van der Waals surface area (Å²) in [7, 11) is 2.78. The fourth-order valence-electron chi connectivity index (χ4n) is 5.24. The first-order valence-electron chi connectivity index (χ1n) is 16.8. The Morgan fingerprint density at radius 3 is 2.15 bits per heavy atom. The van der Waals surface area contributed by atoms with Gasteiger partial charge in [-0.25, -0.2) is 4.79 Å². The number of carbonyl (C=O) groups is 5. The first-order valence-corrected chi connectivity index (χ1v) is 18.5.